The molecule has 1 aromatic rings. The number of aliphatic hydroxyl groups is 1. The van der Waals surface area contributed by atoms with Crippen molar-refractivity contribution < 1.29 is 5.11 Å². The Hall–Kier alpha value is -1.33. The molecule has 0 bridgehead atoms. The molecule has 96 valence electrons. The van der Waals surface area contributed by atoms with Gasteiger partial charge in [-0.15, -0.1) is 0 Å². The molecule has 0 heterocycles. The zero-order chi connectivity index (χ0) is 13.2. The molecule has 1 N–H and O–H groups in total. The SMILES string of the molecule is CCC1CCC(C#N)(C(O)c2ccc(C)cc2)C1. The summed E-state index contributed by atoms with van der Waals surface area (Å²) in [7, 11) is 0. The van der Waals surface area contributed by atoms with Gasteiger partial charge in [-0.05, 0) is 37.7 Å². The van der Waals surface area contributed by atoms with Crippen LogP contribution in [0.4, 0.5) is 0 Å². The van der Waals surface area contributed by atoms with Gasteiger partial charge >= 0.3 is 0 Å². The Bertz CT molecular complexity index is 445. The summed E-state index contributed by atoms with van der Waals surface area (Å²) in [6.07, 6.45) is 3.16. The van der Waals surface area contributed by atoms with Gasteiger partial charge in [0.2, 0.25) is 0 Å². The number of nitriles is 1. The van der Waals surface area contributed by atoms with Crippen LogP contribution >= 0.6 is 0 Å². The molecule has 0 saturated heterocycles. The van der Waals surface area contributed by atoms with Crippen molar-refractivity contribution in [2.24, 2.45) is 11.3 Å². The van der Waals surface area contributed by atoms with E-state index in [0.29, 0.717) is 5.92 Å². The molecule has 0 spiro atoms. The van der Waals surface area contributed by atoms with E-state index in [4.69, 9.17) is 0 Å². The highest BCUT2D eigenvalue weighted by Gasteiger charge is 2.45. The summed E-state index contributed by atoms with van der Waals surface area (Å²) in [6, 6.07) is 10.3. The Kier molecular flexibility index (Phi) is 3.73. The molecule has 2 nitrogen and oxygen atoms in total. The third-order valence-electron chi connectivity index (χ3n) is 4.37. The molecule has 3 atom stereocenters. The highest BCUT2D eigenvalue weighted by molar-refractivity contribution is 5.27. The van der Waals surface area contributed by atoms with Crippen LogP contribution in [0, 0.1) is 29.6 Å². The fourth-order valence-electron chi connectivity index (χ4n) is 3.01. The number of benzene rings is 1. The minimum atomic E-state index is -0.653. The predicted molar refractivity (Wildman–Crippen MR) is 71.8 cm³/mol. The first-order valence-electron chi connectivity index (χ1n) is 6.77. The lowest BCUT2D eigenvalue weighted by Crippen LogP contribution is -2.24. The molecule has 2 heteroatoms. The molecule has 0 amide bonds. The first kappa shape index (κ1) is 13.1. The van der Waals surface area contributed by atoms with E-state index in [1.54, 1.807) is 0 Å². The van der Waals surface area contributed by atoms with Gasteiger partial charge in [0.25, 0.3) is 0 Å². The topological polar surface area (TPSA) is 44.0 Å². The highest BCUT2D eigenvalue weighted by Crippen LogP contribution is 2.50. The molecule has 18 heavy (non-hydrogen) atoms. The minimum absolute atomic E-state index is 0.573. The van der Waals surface area contributed by atoms with Crippen molar-refractivity contribution in [1.29, 1.82) is 5.26 Å². The zero-order valence-electron chi connectivity index (χ0n) is 11.2. The maximum atomic E-state index is 10.6. The molecular formula is C16H21NO. The van der Waals surface area contributed by atoms with Gasteiger partial charge in [-0.1, -0.05) is 43.2 Å². The Balaban J connectivity index is 2.24. The average molecular weight is 243 g/mol. The fourth-order valence-corrected chi connectivity index (χ4v) is 3.01. The third-order valence-corrected chi connectivity index (χ3v) is 4.37. The molecule has 1 aliphatic carbocycles. The number of hydrogen-bond donors (Lipinski definition) is 1. The Morgan fingerprint density at radius 2 is 2.11 bits per heavy atom. The van der Waals surface area contributed by atoms with Gasteiger partial charge in [-0.3, -0.25) is 0 Å². The van der Waals surface area contributed by atoms with Crippen LogP contribution in [-0.2, 0) is 0 Å². The molecule has 1 aliphatic rings. The van der Waals surface area contributed by atoms with Crippen LogP contribution in [0.25, 0.3) is 0 Å². The normalized spacial score (nSPS) is 28.9. The van der Waals surface area contributed by atoms with E-state index in [1.807, 2.05) is 31.2 Å². The van der Waals surface area contributed by atoms with Gasteiger partial charge < -0.3 is 5.11 Å². The fraction of sp³-hybridized carbons (Fsp3) is 0.562. The summed E-state index contributed by atoms with van der Waals surface area (Å²) in [4.78, 5) is 0. The van der Waals surface area contributed by atoms with Crippen molar-refractivity contribution in [3.05, 3.63) is 35.4 Å². The van der Waals surface area contributed by atoms with Crippen molar-refractivity contribution >= 4 is 0 Å². The first-order chi connectivity index (χ1) is 8.61. The Morgan fingerprint density at radius 3 is 2.61 bits per heavy atom. The molecular weight excluding hydrogens is 222 g/mol. The summed E-state index contributed by atoms with van der Waals surface area (Å²) < 4.78 is 0. The third kappa shape index (κ3) is 2.28. The lowest BCUT2D eigenvalue weighted by atomic mass is 9.78. The van der Waals surface area contributed by atoms with Gasteiger partial charge in [0.1, 0.15) is 0 Å². The van der Waals surface area contributed by atoms with Gasteiger partial charge in [0.15, 0.2) is 0 Å². The van der Waals surface area contributed by atoms with E-state index < -0.39 is 11.5 Å². The molecule has 1 fully saturated rings. The second-order valence-electron chi connectivity index (χ2n) is 5.60. The molecule has 0 aliphatic heterocycles. The van der Waals surface area contributed by atoms with E-state index in [9.17, 15) is 10.4 Å². The van der Waals surface area contributed by atoms with Gasteiger partial charge in [-0.2, -0.15) is 5.26 Å². The van der Waals surface area contributed by atoms with Gasteiger partial charge in [-0.25, -0.2) is 0 Å². The average Bonchev–Trinajstić information content (AvgIpc) is 2.84. The van der Waals surface area contributed by atoms with Crippen LogP contribution < -0.4 is 0 Å². The van der Waals surface area contributed by atoms with E-state index in [1.165, 1.54) is 5.56 Å². The highest BCUT2D eigenvalue weighted by atomic mass is 16.3. The molecule has 0 aromatic heterocycles. The molecule has 3 unspecified atom stereocenters. The number of aryl methyl sites for hydroxylation is 1. The van der Waals surface area contributed by atoms with Crippen molar-refractivity contribution in [2.45, 2.75) is 45.6 Å². The maximum Gasteiger partial charge on any atom is 0.0976 e. The summed E-state index contributed by atoms with van der Waals surface area (Å²) in [5.41, 5.74) is 1.48. The molecule has 1 saturated carbocycles. The second-order valence-corrected chi connectivity index (χ2v) is 5.60. The quantitative estimate of drug-likeness (QED) is 0.878. The minimum Gasteiger partial charge on any atom is -0.387 e. The van der Waals surface area contributed by atoms with Crippen LogP contribution in [0.3, 0.4) is 0 Å². The van der Waals surface area contributed by atoms with Crippen LogP contribution in [0.2, 0.25) is 0 Å². The lowest BCUT2D eigenvalue weighted by Gasteiger charge is -2.27. The van der Waals surface area contributed by atoms with Crippen molar-refractivity contribution in [3.8, 4) is 6.07 Å². The number of nitrogens with zero attached hydrogens (tertiary/aromatic N) is 1. The Morgan fingerprint density at radius 1 is 1.44 bits per heavy atom. The second kappa shape index (κ2) is 5.12. The van der Waals surface area contributed by atoms with E-state index in [2.05, 4.69) is 13.0 Å². The van der Waals surface area contributed by atoms with Crippen molar-refractivity contribution in [2.75, 3.05) is 0 Å². The summed E-state index contributed by atoms with van der Waals surface area (Å²) in [6.45, 7) is 4.19. The van der Waals surface area contributed by atoms with E-state index in [0.717, 1.165) is 31.2 Å². The van der Waals surface area contributed by atoms with E-state index >= 15 is 0 Å². The zero-order valence-corrected chi connectivity index (χ0v) is 11.2. The number of aliphatic hydroxyl groups excluding tert-OH is 1. The first-order valence-corrected chi connectivity index (χ1v) is 6.77. The lowest BCUT2D eigenvalue weighted by molar-refractivity contribution is 0.0641. The van der Waals surface area contributed by atoms with Crippen LogP contribution in [0.15, 0.2) is 24.3 Å². The van der Waals surface area contributed by atoms with E-state index in [-0.39, 0.29) is 0 Å². The van der Waals surface area contributed by atoms with Crippen molar-refractivity contribution in [3.63, 3.8) is 0 Å². The van der Waals surface area contributed by atoms with Gasteiger partial charge in [0, 0.05) is 0 Å². The predicted octanol–water partition coefficient (Wildman–Crippen LogP) is 3.75. The van der Waals surface area contributed by atoms with Crippen LogP contribution in [0.1, 0.15) is 49.8 Å². The summed E-state index contributed by atoms with van der Waals surface area (Å²) in [5, 5.41) is 20.1. The van der Waals surface area contributed by atoms with Crippen LogP contribution in [0.5, 0.6) is 0 Å². The number of hydrogen-bond acceptors (Lipinski definition) is 2. The number of rotatable bonds is 3. The smallest absolute Gasteiger partial charge is 0.0976 e. The molecule has 0 radical (unpaired) electrons. The largest absolute Gasteiger partial charge is 0.387 e. The van der Waals surface area contributed by atoms with Crippen molar-refractivity contribution in [1.82, 2.24) is 0 Å². The summed E-state index contributed by atoms with van der Waals surface area (Å²) in [5.74, 6) is 0.588. The molecule has 2 rings (SSSR count). The monoisotopic (exact) mass is 243 g/mol. The van der Waals surface area contributed by atoms with Crippen LogP contribution in [-0.4, -0.2) is 5.11 Å². The van der Waals surface area contributed by atoms with Gasteiger partial charge in [0.05, 0.1) is 17.6 Å². The summed E-state index contributed by atoms with van der Waals surface area (Å²) >= 11 is 0. The standard InChI is InChI=1S/C16H21NO/c1-3-13-8-9-16(10-13,11-17)15(18)14-6-4-12(2)5-7-14/h4-7,13,15,18H,3,8-10H2,1-2H3. The molecule has 1 aromatic carbocycles. The Labute approximate surface area is 109 Å². The maximum absolute atomic E-state index is 10.6.